The van der Waals surface area contributed by atoms with Crippen LogP contribution in [-0.2, 0) is 4.74 Å². The van der Waals surface area contributed by atoms with Gasteiger partial charge in [-0.15, -0.1) is 0 Å². The molecule has 0 bridgehead atoms. The highest BCUT2D eigenvalue weighted by Crippen LogP contribution is 2.20. The van der Waals surface area contributed by atoms with Gasteiger partial charge in [0.15, 0.2) is 0 Å². The van der Waals surface area contributed by atoms with Crippen LogP contribution in [0.5, 0.6) is 5.75 Å². The number of hydrogen-bond acceptors (Lipinski definition) is 3. The summed E-state index contributed by atoms with van der Waals surface area (Å²) in [6, 6.07) is 7.19. The molecule has 1 N–H and O–H groups in total. The van der Waals surface area contributed by atoms with E-state index in [9.17, 15) is 5.11 Å². The summed E-state index contributed by atoms with van der Waals surface area (Å²) in [6.45, 7) is 1.72. The summed E-state index contributed by atoms with van der Waals surface area (Å²) in [5.41, 5.74) is 0. The van der Waals surface area contributed by atoms with E-state index >= 15 is 0 Å². The van der Waals surface area contributed by atoms with Gasteiger partial charge in [-0.25, -0.2) is 0 Å². The van der Waals surface area contributed by atoms with Crippen molar-refractivity contribution in [3.05, 3.63) is 29.3 Å². The predicted octanol–water partition coefficient (Wildman–Crippen LogP) is 2.51. The molecular formula is C13H17ClO3. The molecule has 2 atom stereocenters. The lowest BCUT2D eigenvalue weighted by atomic mass is 9.96. The molecule has 1 fully saturated rings. The lowest BCUT2D eigenvalue weighted by Gasteiger charge is -2.26. The second-order valence-electron chi connectivity index (χ2n) is 4.31. The Kier molecular flexibility index (Phi) is 4.66. The van der Waals surface area contributed by atoms with Gasteiger partial charge in [-0.1, -0.05) is 17.7 Å². The van der Waals surface area contributed by atoms with E-state index in [0.29, 0.717) is 17.4 Å². The molecule has 3 nitrogen and oxygen atoms in total. The van der Waals surface area contributed by atoms with E-state index in [0.717, 1.165) is 19.4 Å². The topological polar surface area (TPSA) is 38.7 Å². The summed E-state index contributed by atoms with van der Waals surface area (Å²) < 4.78 is 10.8. The molecule has 1 saturated heterocycles. The summed E-state index contributed by atoms with van der Waals surface area (Å²) in [5, 5.41) is 10.6. The SMILES string of the molecule is OC(COc1cccc(Cl)c1)C1CCCOC1. The number of benzene rings is 1. The highest BCUT2D eigenvalue weighted by atomic mass is 35.5. The summed E-state index contributed by atoms with van der Waals surface area (Å²) in [5.74, 6) is 0.871. The summed E-state index contributed by atoms with van der Waals surface area (Å²) >= 11 is 5.85. The number of ether oxygens (including phenoxy) is 2. The molecule has 17 heavy (non-hydrogen) atoms. The second-order valence-corrected chi connectivity index (χ2v) is 4.75. The Morgan fingerprint density at radius 1 is 1.53 bits per heavy atom. The highest BCUT2D eigenvalue weighted by Gasteiger charge is 2.22. The van der Waals surface area contributed by atoms with E-state index < -0.39 is 6.10 Å². The minimum absolute atomic E-state index is 0.183. The molecule has 94 valence electrons. The zero-order chi connectivity index (χ0) is 12.1. The fourth-order valence-corrected chi connectivity index (χ4v) is 2.12. The maximum Gasteiger partial charge on any atom is 0.120 e. The molecule has 1 aliphatic heterocycles. The molecule has 0 aliphatic carbocycles. The Labute approximate surface area is 106 Å². The van der Waals surface area contributed by atoms with Crippen LogP contribution >= 0.6 is 11.6 Å². The van der Waals surface area contributed by atoms with Crippen LogP contribution in [-0.4, -0.2) is 31.0 Å². The average Bonchev–Trinajstić information content (AvgIpc) is 2.37. The van der Waals surface area contributed by atoms with Crippen molar-refractivity contribution in [3.63, 3.8) is 0 Å². The van der Waals surface area contributed by atoms with Crippen LogP contribution in [0.3, 0.4) is 0 Å². The standard InChI is InChI=1S/C13H17ClO3/c14-11-4-1-5-12(7-11)17-9-13(15)10-3-2-6-16-8-10/h1,4-5,7,10,13,15H,2-3,6,8-9H2. The third-order valence-electron chi connectivity index (χ3n) is 2.96. The van der Waals surface area contributed by atoms with Crippen LogP contribution < -0.4 is 4.74 Å². The van der Waals surface area contributed by atoms with Gasteiger partial charge in [-0.05, 0) is 31.0 Å². The van der Waals surface area contributed by atoms with Crippen molar-refractivity contribution in [2.75, 3.05) is 19.8 Å². The van der Waals surface area contributed by atoms with Gasteiger partial charge in [0.2, 0.25) is 0 Å². The molecule has 0 radical (unpaired) electrons. The van der Waals surface area contributed by atoms with Crippen LogP contribution in [0.4, 0.5) is 0 Å². The lowest BCUT2D eigenvalue weighted by molar-refractivity contribution is -0.0255. The largest absolute Gasteiger partial charge is 0.491 e. The van der Waals surface area contributed by atoms with E-state index in [2.05, 4.69) is 0 Å². The predicted molar refractivity (Wildman–Crippen MR) is 66.5 cm³/mol. The van der Waals surface area contributed by atoms with Crippen molar-refractivity contribution in [1.82, 2.24) is 0 Å². The summed E-state index contributed by atoms with van der Waals surface area (Å²) in [7, 11) is 0. The highest BCUT2D eigenvalue weighted by molar-refractivity contribution is 6.30. The van der Waals surface area contributed by atoms with E-state index in [4.69, 9.17) is 21.1 Å². The molecule has 1 heterocycles. The molecule has 0 saturated carbocycles. The van der Waals surface area contributed by atoms with E-state index in [1.807, 2.05) is 12.1 Å². The van der Waals surface area contributed by atoms with Crippen molar-refractivity contribution in [2.45, 2.75) is 18.9 Å². The first-order valence-corrected chi connectivity index (χ1v) is 6.27. The van der Waals surface area contributed by atoms with Crippen molar-refractivity contribution in [1.29, 1.82) is 0 Å². The van der Waals surface area contributed by atoms with Gasteiger partial charge in [0.25, 0.3) is 0 Å². The Balaban J connectivity index is 1.80. The van der Waals surface area contributed by atoms with Crippen LogP contribution in [0.25, 0.3) is 0 Å². The normalized spacial score (nSPS) is 22.1. The first kappa shape index (κ1) is 12.7. The monoisotopic (exact) mass is 256 g/mol. The van der Waals surface area contributed by atoms with Crippen molar-refractivity contribution in [3.8, 4) is 5.75 Å². The average molecular weight is 257 g/mol. The zero-order valence-corrected chi connectivity index (χ0v) is 10.4. The van der Waals surface area contributed by atoms with E-state index in [-0.39, 0.29) is 12.5 Å². The molecule has 0 amide bonds. The fraction of sp³-hybridized carbons (Fsp3) is 0.538. The first-order valence-electron chi connectivity index (χ1n) is 5.90. The number of halogens is 1. The van der Waals surface area contributed by atoms with E-state index in [1.54, 1.807) is 12.1 Å². The molecule has 1 aliphatic rings. The number of rotatable bonds is 4. The van der Waals surface area contributed by atoms with Gasteiger partial charge in [0.05, 0.1) is 12.7 Å². The third kappa shape index (κ3) is 3.87. The number of aliphatic hydroxyl groups excluding tert-OH is 1. The molecule has 1 aromatic rings. The van der Waals surface area contributed by atoms with Gasteiger partial charge < -0.3 is 14.6 Å². The van der Waals surface area contributed by atoms with E-state index in [1.165, 1.54) is 0 Å². The number of hydrogen-bond donors (Lipinski definition) is 1. The minimum Gasteiger partial charge on any atom is -0.491 e. The van der Waals surface area contributed by atoms with Crippen molar-refractivity contribution < 1.29 is 14.6 Å². The molecular weight excluding hydrogens is 240 g/mol. The van der Waals surface area contributed by atoms with Crippen LogP contribution in [0, 0.1) is 5.92 Å². The van der Waals surface area contributed by atoms with Gasteiger partial charge in [0.1, 0.15) is 12.4 Å². The molecule has 4 heteroatoms. The van der Waals surface area contributed by atoms with Crippen LogP contribution in [0.2, 0.25) is 5.02 Å². The second kappa shape index (κ2) is 6.24. The summed E-state index contributed by atoms with van der Waals surface area (Å²) in [6.07, 6.45) is 1.54. The van der Waals surface area contributed by atoms with Gasteiger partial charge in [0, 0.05) is 17.5 Å². The molecule has 2 unspecified atom stereocenters. The van der Waals surface area contributed by atoms with Crippen LogP contribution in [0.1, 0.15) is 12.8 Å². The molecule has 1 aromatic carbocycles. The Hall–Kier alpha value is -0.770. The van der Waals surface area contributed by atoms with Crippen molar-refractivity contribution >= 4 is 11.6 Å². The maximum absolute atomic E-state index is 9.97. The Bertz CT molecular complexity index is 350. The zero-order valence-electron chi connectivity index (χ0n) is 9.64. The first-order chi connectivity index (χ1) is 8.25. The minimum atomic E-state index is -0.478. The molecule has 0 spiro atoms. The van der Waals surface area contributed by atoms with Crippen molar-refractivity contribution in [2.24, 2.45) is 5.92 Å². The van der Waals surface area contributed by atoms with Gasteiger partial charge in [-0.3, -0.25) is 0 Å². The smallest absolute Gasteiger partial charge is 0.120 e. The lowest BCUT2D eigenvalue weighted by Crippen LogP contribution is -2.33. The Morgan fingerprint density at radius 3 is 3.12 bits per heavy atom. The Morgan fingerprint density at radius 2 is 2.41 bits per heavy atom. The quantitative estimate of drug-likeness (QED) is 0.900. The fourth-order valence-electron chi connectivity index (χ4n) is 1.94. The van der Waals surface area contributed by atoms with Gasteiger partial charge in [-0.2, -0.15) is 0 Å². The number of aliphatic hydroxyl groups is 1. The maximum atomic E-state index is 9.97. The molecule has 2 rings (SSSR count). The summed E-state index contributed by atoms with van der Waals surface area (Å²) in [4.78, 5) is 0. The third-order valence-corrected chi connectivity index (χ3v) is 3.19. The molecule has 0 aromatic heterocycles. The van der Waals surface area contributed by atoms with Gasteiger partial charge >= 0.3 is 0 Å². The van der Waals surface area contributed by atoms with Crippen LogP contribution in [0.15, 0.2) is 24.3 Å².